The van der Waals surface area contributed by atoms with E-state index in [9.17, 15) is 14.9 Å². The molecule has 2 aromatic carbocycles. The molecule has 0 spiro atoms. The van der Waals surface area contributed by atoms with Gasteiger partial charge in [-0.15, -0.1) is 0 Å². The molecule has 3 rings (SSSR count). The molecule has 1 heterocycles. The molecule has 8 heteroatoms. The highest BCUT2D eigenvalue weighted by molar-refractivity contribution is 6.04. The van der Waals surface area contributed by atoms with Gasteiger partial charge in [0.05, 0.1) is 16.2 Å². The third kappa shape index (κ3) is 4.17. The lowest BCUT2D eigenvalue weighted by Crippen LogP contribution is -2.12. The molecule has 0 atom stereocenters. The van der Waals surface area contributed by atoms with E-state index in [1.165, 1.54) is 6.07 Å². The van der Waals surface area contributed by atoms with Crippen LogP contribution >= 0.6 is 0 Å². The zero-order valence-electron chi connectivity index (χ0n) is 15.7. The van der Waals surface area contributed by atoms with Crippen LogP contribution in [-0.2, 0) is 6.61 Å². The molecule has 0 bridgehead atoms. The number of nitrogens with one attached hydrogen (secondary N) is 1. The molecule has 0 fully saturated rings. The molecular formula is C20H19N3O5. The van der Waals surface area contributed by atoms with Gasteiger partial charge in [-0.2, -0.15) is 0 Å². The number of nitrogens with zero attached hydrogens (tertiary/aromatic N) is 2. The van der Waals surface area contributed by atoms with Gasteiger partial charge in [0.15, 0.2) is 0 Å². The number of aromatic nitrogens is 1. The Morgan fingerprint density at radius 2 is 1.89 bits per heavy atom. The fraction of sp³-hybridized carbons (Fsp3) is 0.200. The van der Waals surface area contributed by atoms with Crippen LogP contribution in [0.1, 0.15) is 32.9 Å². The second-order valence-corrected chi connectivity index (χ2v) is 6.33. The molecule has 0 aliphatic heterocycles. The number of benzene rings is 2. The first-order valence-electron chi connectivity index (χ1n) is 8.56. The molecule has 8 nitrogen and oxygen atoms in total. The first-order chi connectivity index (χ1) is 13.3. The first kappa shape index (κ1) is 19.1. The zero-order valence-corrected chi connectivity index (χ0v) is 15.7. The van der Waals surface area contributed by atoms with Gasteiger partial charge in [0.25, 0.3) is 11.6 Å². The minimum atomic E-state index is -0.476. The first-order valence-corrected chi connectivity index (χ1v) is 8.56. The van der Waals surface area contributed by atoms with Gasteiger partial charge in [-0.1, -0.05) is 11.2 Å². The van der Waals surface area contributed by atoms with Gasteiger partial charge in [-0.25, -0.2) is 0 Å². The Bertz CT molecular complexity index is 1010. The monoisotopic (exact) mass is 381 g/mol. The van der Waals surface area contributed by atoms with Gasteiger partial charge >= 0.3 is 0 Å². The highest BCUT2D eigenvalue weighted by Gasteiger charge is 2.14. The summed E-state index contributed by atoms with van der Waals surface area (Å²) in [6.07, 6.45) is 0. The van der Waals surface area contributed by atoms with Gasteiger partial charge in [0, 0.05) is 22.9 Å². The summed E-state index contributed by atoms with van der Waals surface area (Å²) in [6, 6.07) is 11.2. The SMILES string of the molecule is Cc1ccc(NC(=O)c2ccc(OCc3c(C)noc3C)cc2)cc1[N+](=O)[O-]. The maximum atomic E-state index is 12.4. The second kappa shape index (κ2) is 7.91. The lowest BCUT2D eigenvalue weighted by molar-refractivity contribution is -0.385. The van der Waals surface area contributed by atoms with Gasteiger partial charge in [0.2, 0.25) is 0 Å². The van der Waals surface area contributed by atoms with E-state index in [0.29, 0.717) is 34.9 Å². The lowest BCUT2D eigenvalue weighted by Gasteiger charge is -2.08. The van der Waals surface area contributed by atoms with Crippen LogP contribution in [0, 0.1) is 30.9 Å². The van der Waals surface area contributed by atoms with Crippen molar-refractivity contribution >= 4 is 17.3 Å². The van der Waals surface area contributed by atoms with Crippen LogP contribution < -0.4 is 10.1 Å². The number of aryl methyl sites for hydroxylation is 3. The largest absolute Gasteiger partial charge is 0.489 e. The summed E-state index contributed by atoms with van der Waals surface area (Å²) in [7, 11) is 0. The summed E-state index contributed by atoms with van der Waals surface area (Å²) in [4.78, 5) is 22.9. The summed E-state index contributed by atoms with van der Waals surface area (Å²) in [5.74, 6) is 0.943. The Morgan fingerprint density at radius 1 is 1.18 bits per heavy atom. The van der Waals surface area contributed by atoms with E-state index in [1.54, 1.807) is 43.3 Å². The molecule has 3 aromatic rings. The molecule has 0 radical (unpaired) electrons. The van der Waals surface area contributed by atoms with Gasteiger partial charge in [-0.05, 0) is 51.1 Å². The number of carbonyl (C=O) groups excluding carboxylic acids is 1. The average Bonchev–Trinajstić information content (AvgIpc) is 2.99. The van der Waals surface area contributed by atoms with Gasteiger partial charge in [0.1, 0.15) is 18.1 Å². The van der Waals surface area contributed by atoms with Crippen LogP contribution in [0.3, 0.4) is 0 Å². The van der Waals surface area contributed by atoms with Crippen molar-refractivity contribution in [3.8, 4) is 5.75 Å². The topological polar surface area (TPSA) is 108 Å². The summed E-state index contributed by atoms with van der Waals surface area (Å²) in [6.45, 7) is 5.63. The minimum absolute atomic E-state index is 0.0409. The van der Waals surface area contributed by atoms with E-state index < -0.39 is 4.92 Å². The van der Waals surface area contributed by atoms with Crippen molar-refractivity contribution in [2.75, 3.05) is 5.32 Å². The molecule has 1 amide bonds. The van der Waals surface area contributed by atoms with E-state index in [2.05, 4.69) is 10.5 Å². The zero-order chi connectivity index (χ0) is 20.3. The summed E-state index contributed by atoms with van der Waals surface area (Å²) in [5.41, 5.74) is 2.93. The van der Waals surface area contributed by atoms with Crippen molar-refractivity contribution < 1.29 is 19.0 Å². The van der Waals surface area contributed by atoms with Crippen LogP contribution in [0.15, 0.2) is 47.0 Å². The van der Waals surface area contributed by atoms with E-state index in [1.807, 2.05) is 13.8 Å². The maximum absolute atomic E-state index is 12.4. The molecule has 144 valence electrons. The van der Waals surface area contributed by atoms with Crippen molar-refractivity contribution in [3.05, 3.63) is 80.7 Å². The molecule has 1 N–H and O–H groups in total. The predicted molar refractivity (Wildman–Crippen MR) is 103 cm³/mol. The number of nitro benzene ring substituents is 1. The van der Waals surface area contributed by atoms with Gasteiger partial charge in [-0.3, -0.25) is 14.9 Å². The fourth-order valence-corrected chi connectivity index (χ4v) is 2.65. The minimum Gasteiger partial charge on any atom is -0.489 e. The number of hydrogen-bond acceptors (Lipinski definition) is 6. The van der Waals surface area contributed by atoms with E-state index in [-0.39, 0.29) is 11.6 Å². The fourth-order valence-electron chi connectivity index (χ4n) is 2.65. The molecule has 0 saturated heterocycles. The van der Waals surface area contributed by atoms with Crippen molar-refractivity contribution in [2.24, 2.45) is 0 Å². The molecule has 0 aliphatic carbocycles. The normalized spacial score (nSPS) is 10.5. The van der Waals surface area contributed by atoms with Crippen LogP contribution in [0.5, 0.6) is 5.75 Å². The van der Waals surface area contributed by atoms with Crippen molar-refractivity contribution in [1.82, 2.24) is 5.16 Å². The van der Waals surface area contributed by atoms with Crippen LogP contribution in [0.25, 0.3) is 0 Å². The van der Waals surface area contributed by atoms with Crippen molar-refractivity contribution in [2.45, 2.75) is 27.4 Å². The predicted octanol–water partition coefficient (Wildman–Crippen LogP) is 4.34. The number of ether oxygens (including phenoxy) is 1. The number of nitro groups is 1. The Morgan fingerprint density at radius 3 is 2.50 bits per heavy atom. The average molecular weight is 381 g/mol. The summed E-state index contributed by atoms with van der Waals surface area (Å²) < 4.78 is 10.8. The Balaban J connectivity index is 1.65. The quantitative estimate of drug-likeness (QED) is 0.503. The van der Waals surface area contributed by atoms with Crippen LogP contribution in [0.2, 0.25) is 0 Å². The van der Waals surface area contributed by atoms with Crippen LogP contribution in [-0.4, -0.2) is 16.0 Å². The third-order valence-corrected chi connectivity index (χ3v) is 4.34. The third-order valence-electron chi connectivity index (χ3n) is 4.34. The van der Waals surface area contributed by atoms with Crippen molar-refractivity contribution in [3.63, 3.8) is 0 Å². The standard InChI is InChI=1S/C20H19N3O5/c1-12-4-7-16(10-19(12)23(25)26)21-20(24)15-5-8-17(9-6-15)27-11-18-13(2)22-28-14(18)3/h4-10H,11H2,1-3H3,(H,21,24). The molecular weight excluding hydrogens is 362 g/mol. The molecule has 0 aliphatic rings. The number of anilines is 1. The highest BCUT2D eigenvalue weighted by Crippen LogP contribution is 2.23. The van der Waals surface area contributed by atoms with E-state index in [0.717, 1.165) is 11.3 Å². The van der Waals surface area contributed by atoms with Gasteiger partial charge < -0.3 is 14.6 Å². The lowest BCUT2D eigenvalue weighted by atomic mass is 10.1. The summed E-state index contributed by atoms with van der Waals surface area (Å²) >= 11 is 0. The van der Waals surface area contributed by atoms with Crippen LogP contribution in [0.4, 0.5) is 11.4 Å². The Hall–Kier alpha value is -3.68. The number of amides is 1. The molecule has 1 aromatic heterocycles. The number of rotatable bonds is 6. The Labute approximate surface area is 161 Å². The molecule has 0 saturated carbocycles. The maximum Gasteiger partial charge on any atom is 0.274 e. The highest BCUT2D eigenvalue weighted by atomic mass is 16.6. The smallest absolute Gasteiger partial charge is 0.274 e. The number of carbonyl (C=O) groups is 1. The van der Waals surface area contributed by atoms with E-state index >= 15 is 0 Å². The Kier molecular flexibility index (Phi) is 5.39. The second-order valence-electron chi connectivity index (χ2n) is 6.33. The summed E-state index contributed by atoms with van der Waals surface area (Å²) in [5, 5.41) is 17.6. The van der Waals surface area contributed by atoms with E-state index in [4.69, 9.17) is 9.26 Å². The molecule has 0 unspecified atom stereocenters. The number of hydrogen-bond donors (Lipinski definition) is 1. The van der Waals surface area contributed by atoms with Crippen molar-refractivity contribution in [1.29, 1.82) is 0 Å². The molecule has 28 heavy (non-hydrogen) atoms.